The molecule has 3 rings (SSSR count). The highest BCUT2D eigenvalue weighted by Crippen LogP contribution is 2.12. The lowest BCUT2D eigenvalue weighted by Crippen LogP contribution is -3.15. The number of para-hydroxylation sites is 1. The summed E-state index contributed by atoms with van der Waals surface area (Å²) in [6.07, 6.45) is 1.48. The number of amides is 2. The molecule has 0 aliphatic carbocycles. The summed E-state index contributed by atoms with van der Waals surface area (Å²) in [5.41, 5.74) is 0.973. The summed E-state index contributed by atoms with van der Waals surface area (Å²) in [5, 5.41) is 11.8. The average molecular weight is 339 g/mol. The summed E-state index contributed by atoms with van der Waals surface area (Å²) >= 11 is 0. The molecule has 1 aromatic heterocycles. The number of carbonyl (C=O) groups excluding carboxylic acids is 2. The molecule has 0 bridgehead atoms. The largest absolute Gasteiger partial charge is 0.459 e. The number of nitrogens with one attached hydrogen (secondary N) is 2. The van der Waals surface area contributed by atoms with Crippen LogP contribution in [0, 0.1) is 11.3 Å². The second kappa shape index (κ2) is 7.64. The number of rotatable bonds is 4. The Morgan fingerprint density at radius 2 is 1.96 bits per heavy atom. The molecule has 1 saturated heterocycles. The van der Waals surface area contributed by atoms with E-state index in [0.717, 1.165) is 4.90 Å². The van der Waals surface area contributed by atoms with E-state index in [4.69, 9.17) is 9.68 Å². The molecule has 25 heavy (non-hydrogen) atoms. The maximum absolute atomic E-state index is 12.2. The lowest BCUT2D eigenvalue weighted by Gasteiger charge is -2.31. The summed E-state index contributed by atoms with van der Waals surface area (Å²) in [7, 11) is 0. The Balaban J connectivity index is 1.50. The predicted octanol–water partition coefficient (Wildman–Crippen LogP) is 0.131. The molecule has 1 aromatic carbocycles. The van der Waals surface area contributed by atoms with E-state index in [1.165, 1.54) is 6.26 Å². The third-order valence-corrected chi connectivity index (χ3v) is 4.22. The van der Waals surface area contributed by atoms with Gasteiger partial charge in [0.15, 0.2) is 12.3 Å². The highest BCUT2D eigenvalue weighted by Gasteiger charge is 2.27. The maximum atomic E-state index is 12.2. The van der Waals surface area contributed by atoms with E-state index in [-0.39, 0.29) is 11.8 Å². The van der Waals surface area contributed by atoms with Gasteiger partial charge in [-0.05, 0) is 24.3 Å². The van der Waals surface area contributed by atoms with Gasteiger partial charge in [-0.1, -0.05) is 12.1 Å². The molecule has 0 unspecified atom stereocenters. The van der Waals surface area contributed by atoms with Crippen LogP contribution in [0.3, 0.4) is 0 Å². The van der Waals surface area contributed by atoms with Gasteiger partial charge in [0.1, 0.15) is 6.07 Å². The van der Waals surface area contributed by atoms with E-state index in [9.17, 15) is 9.59 Å². The smallest absolute Gasteiger partial charge is 0.289 e. The third kappa shape index (κ3) is 4.05. The summed E-state index contributed by atoms with van der Waals surface area (Å²) in [6.45, 7) is 2.86. The third-order valence-electron chi connectivity index (χ3n) is 4.22. The van der Waals surface area contributed by atoms with Crippen LogP contribution in [-0.4, -0.2) is 49.4 Å². The minimum atomic E-state index is -0.136. The van der Waals surface area contributed by atoms with Crippen molar-refractivity contribution >= 4 is 17.5 Å². The standard InChI is InChI=1S/C18H18N4O3/c19-12-14-4-1-2-5-15(14)20-17(23)13-21-7-9-22(10-8-21)18(24)16-6-3-11-25-16/h1-6,11H,7-10,13H2,(H,20,23)/p+1. The van der Waals surface area contributed by atoms with Crippen molar-refractivity contribution in [1.29, 1.82) is 5.26 Å². The van der Waals surface area contributed by atoms with Crippen molar-refractivity contribution in [3.05, 3.63) is 54.0 Å². The number of carbonyl (C=O) groups is 2. The minimum absolute atomic E-state index is 0.114. The SMILES string of the molecule is N#Cc1ccccc1NC(=O)C[NH+]1CCN(C(=O)c2ccco2)CC1. The second-order valence-corrected chi connectivity index (χ2v) is 5.90. The van der Waals surface area contributed by atoms with Crippen LogP contribution < -0.4 is 10.2 Å². The Morgan fingerprint density at radius 3 is 2.64 bits per heavy atom. The molecule has 128 valence electrons. The first-order valence-electron chi connectivity index (χ1n) is 8.12. The number of benzene rings is 1. The Hall–Kier alpha value is -3.11. The number of piperazine rings is 1. The fraction of sp³-hybridized carbons (Fsp3) is 0.278. The molecule has 0 radical (unpaired) electrons. The van der Waals surface area contributed by atoms with Gasteiger partial charge in [0.05, 0.1) is 43.7 Å². The Bertz CT molecular complexity index is 787. The van der Waals surface area contributed by atoms with Crippen LogP contribution in [0.15, 0.2) is 47.1 Å². The Kier molecular flexibility index (Phi) is 5.11. The van der Waals surface area contributed by atoms with Crippen molar-refractivity contribution in [3.63, 3.8) is 0 Å². The predicted molar refractivity (Wildman–Crippen MR) is 90.0 cm³/mol. The van der Waals surface area contributed by atoms with Crippen molar-refractivity contribution < 1.29 is 18.9 Å². The molecule has 7 nitrogen and oxygen atoms in total. The molecule has 0 atom stereocenters. The Morgan fingerprint density at radius 1 is 1.20 bits per heavy atom. The molecular weight excluding hydrogens is 320 g/mol. The highest BCUT2D eigenvalue weighted by atomic mass is 16.3. The monoisotopic (exact) mass is 339 g/mol. The normalized spacial score (nSPS) is 14.8. The first kappa shape index (κ1) is 16.7. The van der Waals surface area contributed by atoms with Crippen LogP contribution in [0.2, 0.25) is 0 Å². The quantitative estimate of drug-likeness (QED) is 0.828. The molecule has 1 aliphatic heterocycles. The van der Waals surface area contributed by atoms with Gasteiger partial charge in [0.2, 0.25) is 0 Å². The first-order chi connectivity index (χ1) is 12.2. The van der Waals surface area contributed by atoms with Crippen molar-refractivity contribution in [2.75, 3.05) is 38.0 Å². The molecule has 7 heteroatoms. The van der Waals surface area contributed by atoms with Gasteiger partial charge in [-0.3, -0.25) is 9.59 Å². The molecule has 2 heterocycles. The first-order valence-corrected chi connectivity index (χ1v) is 8.12. The molecule has 0 saturated carbocycles. The molecule has 2 N–H and O–H groups in total. The molecule has 2 amide bonds. The molecule has 1 aliphatic rings. The van der Waals surface area contributed by atoms with Gasteiger partial charge in [-0.15, -0.1) is 0 Å². The van der Waals surface area contributed by atoms with E-state index >= 15 is 0 Å². The van der Waals surface area contributed by atoms with Crippen molar-refractivity contribution in [1.82, 2.24) is 4.90 Å². The number of furan rings is 1. The van der Waals surface area contributed by atoms with Crippen molar-refractivity contribution in [2.45, 2.75) is 0 Å². The molecule has 1 fully saturated rings. The van der Waals surface area contributed by atoms with Gasteiger partial charge in [0.25, 0.3) is 11.8 Å². The summed E-state index contributed by atoms with van der Waals surface area (Å²) in [4.78, 5) is 27.3. The lowest BCUT2D eigenvalue weighted by atomic mass is 10.2. The zero-order chi connectivity index (χ0) is 17.6. The minimum Gasteiger partial charge on any atom is -0.459 e. The molecule has 2 aromatic rings. The van der Waals surface area contributed by atoms with Crippen LogP contribution in [0.5, 0.6) is 0 Å². The van der Waals surface area contributed by atoms with Crippen LogP contribution in [0.1, 0.15) is 16.1 Å². The summed E-state index contributed by atoms with van der Waals surface area (Å²) in [6, 6.07) is 12.3. The average Bonchev–Trinajstić information content (AvgIpc) is 3.17. The topological polar surface area (TPSA) is 90.8 Å². The van der Waals surface area contributed by atoms with E-state index in [1.54, 1.807) is 41.3 Å². The van der Waals surface area contributed by atoms with E-state index < -0.39 is 0 Å². The van der Waals surface area contributed by atoms with Gasteiger partial charge in [0, 0.05) is 0 Å². The van der Waals surface area contributed by atoms with Crippen LogP contribution in [-0.2, 0) is 4.79 Å². The van der Waals surface area contributed by atoms with E-state index in [2.05, 4.69) is 11.4 Å². The van der Waals surface area contributed by atoms with Crippen LogP contribution >= 0.6 is 0 Å². The number of hydrogen-bond donors (Lipinski definition) is 2. The number of anilines is 1. The van der Waals surface area contributed by atoms with Gasteiger partial charge in [-0.2, -0.15) is 5.26 Å². The van der Waals surface area contributed by atoms with E-state index in [1.807, 2.05) is 0 Å². The number of nitrogens with zero attached hydrogens (tertiary/aromatic N) is 2. The van der Waals surface area contributed by atoms with Crippen LogP contribution in [0.4, 0.5) is 5.69 Å². The highest BCUT2D eigenvalue weighted by molar-refractivity contribution is 5.93. The maximum Gasteiger partial charge on any atom is 0.289 e. The zero-order valence-electron chi connectivity index (χ0n) is 13.7. The van der Waals surface area contributed by atoms with Gasteiger partial charge in [-0.25, -0.2) is 0 Å². The van der Waals surface area contributed by atoms with Crippen molar-refractivity contribution in [3.8, 4) is 6.07 Å². The number of hydrogen-bond acceptors (Lipinski definition) is 4. The zero-order valence-corrected chi connectivity index (χ0v) is 13.7. The fourth-order valence-electron chi connectivity index (χ4n) is 2.87. The van der Waals surface area contributed by atoms with E-state index in [0.29, 0.717) is 49.7 Å². The second-order valence-electron chi connectivity index (χ2n) is 5.90. The molecule has 0 spiro atoms. The van der Waals surface area contributed by atoms with Crippen LogP contribution in [0.25, 0.3) is 0 Å². The number of nitriles is 1. The fourth-order valence-corrected chi connectivity index (χ4v) is 2.87. The summed E-state index contributed by atoms with van der Waals surface area (Å²) < 4.78 is 5.14. The number of quaternary nitrogens is 1. The summed E-state index contributed by atoms with van der Waals surface area (Å²) in [5.74, 6) is 0.0919. The van der Waals surface area contributed by atoms with Gasteiger partial charge < -0.3 is 19.5 Å². The lowest BCUT2D eigenvalue weighted by molar-refractivity contribution is -0.895. The van der Waals surface area contributed by atoms with Crippen molar-refractivity contribution in [2.24, 2.45) is 0 Å². The van der Waals surface area contributed by atoms with Gasteiger partial charge >= 0.3 is 0 Å². The molecular formula is C18H19N4O3+. The Labute approximate surface area is 145 Å².